The molecule has 0 radical (unpaired) electrons. The lowest BCUT2D eigenvalue weighted by molar-refractivity contribution is 0.210. The van der Waals surface area contributed by atoms with Gasteiger partial charge in [0.1, 0.15) is 22.9 Å². The van der Waals surface area contributed by atoms with E-state index < -0.39 is 0 Å². The Kier molecular flexibility index (Phi) is 6.87. The number of hydrogen-bond donors (Lipinski definition) is 0. The van der Waals surface area contributed by atoms with Crippen LogP contribution in [-0.2, 0) is 6.42 Å². The summed E-state index contributed by atoms with van der Waals surface area (Å²) < 4.78 is 12.2. The van der Waals surface area contributed by atoms with Crippen molar-refractivity contribution in [3.63, 3.8) is 0 Å². The van der Waals surface area contributed by atoms with Gasteiger partial charge in [-0.3, -0.25) is 9.79 Å². The van der Waals surface area contributed by atoms with Crippen molar-refractivity contribution in [2.75, 3.05) is 13.7 Å². The zero-order chi connectivity index (χ0) is 27.0. The van der Waals surface area contributed by atoms with Gasteiger partial charge in [0.2, 0.25) is 0 Å². The first-order valence-electron chi connectivity index (χ1n) is 13.3. The first kappa shape index (κ1) is 25.8. The minimum absolute atomic E-state index is 0.00527. The van der Waals surface area contributed by atoms with Crippen molar-refractivity contribution < 1.29 is 9.15 Å². The normalized spacial score (nSPS) is 15.7. The molecule has 5 rings (SSSR count). The third-order valence-corrected chi connectivity index (χ3v) is 7.23. The molecule has 0 amide bonds. The Bertz CT molecular complexity index is 1530. The lowest BCUT2D eigenvalue weighted by atomic mass is 9.91. The molecule has 1 aliphatic rings. The molecule has 5 nitrogen and oxygen atoms in total. The van der Waals surface area contributed by atoms with Gasteiger partial charge in [0.15, 0.2) is 5.43 Å². The Labute approximate surface area is 224 Å². The van der Waals surface area contributed by atoms with Gasteiger partial charge in [-0.2, -0.15) is 0 Å². The topological polar surface area (TPSA) is 55.0 Å². The summed E-state index contributed by atoms with van der Waals surface area (Å²) in [7, 11) is 1.62. The van der Waals surface area contributed by atoms with E-state index >= 15 is 0 Å². The number of benzene rings is 3. The van der Waals surface area contributed by atoms with E-state index in [1.54, 1.807) is 13.2 Å². The van der Waals surface area contributed by atoms with Crippen molar-refractivity contribution in [3.05, 3.63) is 111 Å². The van der Waals surface area contributed by atoms with Crippen molar-refractivity contribution >= 4 is 16.8 Å². The van der Waals surface area contributed by atoms with Gasteiger partial charge in [0.05, 0.1) is 24.1 Å². The molecular formula is C33H36N2O3. The van der Waals surface area contributed by atoms with Gasteiger partial charge >= 0.3 is 0 Å². The van der Waals surface area contributed by atoms with Gasteiger partial charge in [-0.05, 0) is 44.4 Å². The Morgan fingerprint density at radius 2 is 1.74 bits per heavy atom. The molecule has 1 atom stereocenters. The van der Waals surface area contributed by atoms with E-state index in [9.17, 15) is 4.79 Å². The third kappa shape index (κ3) is 4.98. The van der Waals surface area contributed by atoms with Crippen molar-refractivity contribution in [2.24, 2.45) is 10.9 Å². The number of rotatable bonds is 7. The summed E-state index contributed by atoms with van der Waals surface area (Å²) in [6.07, 6.45) is 0.498. The summed E-state index contributed by atoms with van der Waals surface area (Å²) >= 11 is 0. The molecule has 38 heavy (non-hydrogen) atoms. The highest BCUT2D eigenvalue weighted by Crippen LogP contribution is 2.39. The highest BCUT2D eigenvalue weighted by Gasteiger charge is 2.40. The Morgan fingerprint density at radius 3 is 2.39 bits per heavy atom. The van der Waals surface area contributed by atoms with Gasteiger partial charge in [-0.1, -0.05) is 74.0 Å². The van der Waals surface area contributed by atoms with Crippen LogP contribution in [-0.4, -0.2) is 29.9 Å². The summed E-state index contributed by atoms with van der Waals surface area (Å²) in [5.74, 6) is 2.45. The van der Waals surface area contributed by atoms with Crippen molar-refractivity contribution in [1.29, 1.82) is 0 Å². The highest BCUT2D eigenvalue weighted by atomic mass is 16.5. The zero-order valence-electron chi connectivity index (χ0n) is 23.1. The molecule has 0 spiro atoms. The predicted molar refractivity (Wildman–Crippen MR) is 154 cm³/mol. The SMILES string of the molecule is COc1ccc2c(=O)c(Cc3ccccc3)c(C(C(C)C)N3CC(C)(C)N=C3c3ccc(C)cc3)oc2c1. The first-order chi connectivity index (χ1) is 18.2. The summed E-state index contributed by atoms with van der Waals surface area (Å²) in [4.78, 5) is 21.6. The van der Waals surface area contributed by atoms with Crippen LogP contribution in [0, 0.1) is 12.8 Å². The van der Waals surface area contributed by atoms with E-state index in [1.165, 1.54) is 5.56 Å². The van der Waals surface area contributed by atoms with Crippen molar-refractivity contribution in [1.82, 2.24) is 4.90 Å². The van der Waals surface area contributed by atoms with Gasteiger partial charge in [0, 0.05) is 30.2 Å². The van der Waals surface area contributed by atoms with Crippen LogP contribution in [0.5, 0.6) is 5.75 Å². The number of aryl methyl sites for hydroxylation is 1. The smallest absolute Gasteiger partial charge is 0.196 e. The molecule has 1 aliphatic heterocycles. The fourth-order valence-electron chi connectivity index (χ4n) is 5.41. The molecule has 1 aromatic heterocycles. The number of methoxy groups -OCH3 is 1. The molecule has 2 heterocycles. The number of aliphatic imine (C=N–C) groups is 1. The maximum absolute atomic E-state index is 14.1. The third-order valence-electron chi connectivity index (χ3n) is 7.23. The Balaban J connectivity index is 1.72. The molecular weight excluding hydrogens is 472 g/mol. The van der Waals surface area contributed by atoms with E-state index in [0.717, 1.165) is 23.5 Å². The van der Waals surface area contributed by atoms with E-state index in [1.807, 2.05) is 30.3 Å². The maximum atomic E-state index is 14.1. The second-order valence-electron chi connectivity index (χ2n) is 11.2. The van der Waals surface area contributed by atoms with Crippen LogP contribution in [0.15, 0.2) is 87.0 Å². The molecule has 0 aliphatic carbocycles. The quantitative estimate of drug-likeness (QED) is 0.271. The number of fused-ring (bicyclic) bond motifs is 1. The van der Waals surface area contributed by atoms with Crippen LogP contribution in [0.25, 0.3) is 11.0 Å². The molecule has 0 N–H and O–H groups in total. The lowest BCUT2D eigenvalue weighted by Crippen LogP contribution is -2.39. The summed E-state index contributed by atoms with van der Waals surface area (Å²) in [5.41, 5.74) is 4.32. The monoisotopic (exact) mass is 508 g/mol. The molecule has 0 bridgehead atoms. The molecule has 0 saturated carbocycles. The van der Waals surface area contributed by atoms with Crippen molar-refractivity contribution in [2.45, 2.75) is 52.6 Å². The van der Waals surface area contributed by atoms with E-state index in [-0.39, 0.29) is 22.9 Å². The lowest BCUT2D eigenvalue weighted by Gasteiger charge is -2.35. The van der Waals surface area contributed by atoms with Gasteiger partial charge < -0.3 is 14.1 Å². The first-order valence-corrected chi connectivity index (χ1v) is 13.3. The summed E-state index contributed by atoms with van der Waals surface area (Å²) in [6.45, 7) is 11.5. The average Bonchev–Trinajstić information content (AvgIpc) is 3.21. The van der Waals surface area contributed by atoms with E-state index in [2.05, 4.69) is 75.9 Å². The zero-order valence-corrected chi connectivity index (χ0v) is 23.1. The van der Waals surface area contributed by atoms with Crippen LogP contribution >= 0.6 is 0 Å². The molecule has 1 unspecified atom stereocenters. The maximum Gasteiger partial charge on any atom is 0.196 e. The molecule has 196 valence electrons. The number of nitrogens with zero attached hydrogens (tertiary/aromatic N) is 2. The number of hydrogen-bond acceptors (Lipinski definition) is 5. The molecule has 4 aromatic rings. The van der Waals surface area contributed by atoms with Crippen LogP contribution < -0.4 is 10.2 Å². The fourth-order valence-corrected chi connectivity index (χ4v) is 5.41. The predicted octanol–water partition coefficient (Wildman–Crippen LogP) is 6.94. The summed E-state index contributed by atoms with van der Waals surface area (Å²) in [6, 6.07) is 23.9. The van der Waals surface area contributed by atoms with Crippen LogP contribution in [0.3, 0.4) is 0 Å². The summed E-state index contributed by atoms with van der Waals surface area (Å²) in [5, 5.41) is 0.567. The molecule has 0 saturated heterocycles. The standard InChI is InChI=1S/C33H36N2O3/c1-21(2)29(35-20-33(4,5)34-32(35)24-14-12-22(3)13-15-24)31-27(18-23-10-8-7-9-11-23)30(36)26-17-16-25(37-6)19-28(26)38-31/h7-17,19,21,29H,18,20H2,1-6H3. The second kappa shape index (κ2) is 10.1. The number of amidine groups is 1. The minimum Gasteiger partial charge on any atom is -0.497 e. The van der Waals surface area contributed by atoms with Gasteiger partial charge in [0.25, 0.3) is 0 Å². The Morgan fingerprint density at radius 1 is 1.03 bits per heavy atom. The molecule has 0 fully saturated rings. The van der Waals surface area contributed by atoms with E-state index in [0.29, 0.717) is 34.5 Å². The fraction of sp³-hybridized carbons (Fsp3) is 0.333. The van der Waals surface area contributed by atoms with Crippen LogP contribution in [0.2, 0.25) is 0 Å². The average molecular weight is 509 g/mol. The molecule has 3 aromatic carbocycles. The van der Waals surface area contributed by atoms with Crippen molar-refractivity contribution in [3.8, 4) is 5.75 Å². The highest BCUT2D eigenvalue weighted by molar-refractivity contribution is 6.00. The van der Waals surface area contributed by atoms with Gasteiger partial charge in [-0.25, -0.2) is 0 Å². The van der Waals surface area contributed by atoms with Crippen LogP contribution in [0.4, 0.5) is 0 Å². The van der Waals surface area contributed by atoms with Crippen LogP contribution in [0.1, 0.15) is 61.8 Å². The van der Waals surface area contributed by atoms with E-state index in [4.69, 9.17) is 14.1 Å². The minimum atomic E-state index is -0.271. The number of ether oxygens (including phenoxy) is 1. The Hall–Kier alpha value is -3.86. The molecule has 5 heteroatoms. The largest absolute Gasteiger partial charge is 0.497 e. The van der Waals surface area contributed by atoms with Gasteiger partial charge in [-0.15, -0.1) is 0 Å². The second-order valence-corrected chi connectivity index (χ2v) is 11.2.